The van der Waals surface area contributed by atoms with Crippen molar-refractivity contribution in [2.45, 2.75) is 26.2 Å². The van der Waals surface area contributed by atoms with E-state index in [9.17, 15) is 9.18 Å². The molecular formula is C17H15ClFNO. The number of aryl methyl sites for hydroxylation is 1. The second-order valence-electron chi connectivity index (χ2n) is 5.06. The Labute approximate surface area is 127 Å². The zero-order chi connectivity index (χ0) is 15.0. The maximum absolute atomic E-state index is 14.0. The summed E-state index contributed by atoms with van der Waals surface area (Å²) in [6.07, 6.45) is 8.52. The van der Waals surface area contributed by atoms with Gasteiger partial charge >= 0.3 is 0 Å². The predicted octanol–water partition coefficient (Wildman–Crippen LogP) is 4.55. The lowest BCUT2D eigenvalue weighted by Crippen LogP contribution is -2.23. The summed E-state index contributed by atoms with van der Waals surface area (Å²) in [5.41, 5.74) is 1.36. The van der Waals surface area contributed by atoms with Crippen molar-refractivity contribution in [1.29, 1.82) is 0 Å². The van der Waals surface area contributed by atoms with Crippen molar-refractivity contribution in [3.8, 4) is 0 Å². The molecule has 1 heterocycles. The molecule has 3 rings (SSSR count). The van der Waals surface area contributed by atoms with E-state index in [1.54, 1.807) is 10.6 Å². The third-order valence-electron chi connectivity index (χ3n) is 3.75. The molecule has 0 aliphatic heterocycles. The number of aromatic nitrogens is 1. The summed E-state index contributed by atoms with van der Waals surface area (Å²) in [6.45, 7) is 1.95. The van der Waals surface area contributed by atoms with Gasteiger partial charge in [-0.1, -0.05) is 30.7 Å². The van der Waals surface area contributed by atoms with Gasteiger partial charge in [-0.25, -0.2) is 4.39 Å². The fraction of sp³-hybridized carbons (Fsp3) is 0.235. The van der Waals surface area contributed by atoms with Crippen LogP contribution in [0.2, 0.25) is 5.02 Å². The van der Waals surface area contributed by atoms with Gasteiger partial charge in [0.05, 0.1) is 10.4 Å². The van der Waals surface area contributed by atoms with Crippen LogP contribution in [0, 0.1) is 5.82 Å². The third-order valence-corrected chi connectivity index (χ3v) is 4.07. The zero-order valence-electron chi connectivity index (χ0n) is 11.7. The molecule has 0 saturated heterocycles. The summed E-state index contributed by atoms with van der Waals surface area (Å²) >= 11 is 6.12. The molecule has 1 aromatic carbocycles. The maximum Gasteiger partial charge on any atom is 0.264 e. The van der Waals surface area contributed by atoms with Crippen LogP contribution < -0.4 is 5.56 Å². The fourth-order valence-electron chi connectivity index (χ4n) is 2.71. The highest BCUT2D eigenvalue weighted by Gasteiger charge is 2.16. The Hall–Kier alpha value is -1.87. The molecule has 0 amide bonds. The van der Waals surface area contributed by atoms with Crippen molar-refractivity contribution in [1.82, 2.24) is 4.57 Å². The first-order valence-corrected chi connectivity index (χ1v) is 7.41. The summed E-state index contributed by atoms with van der Waals surface area (Å²) in [5.74, 6) is -0.415. The third kappa shape index (κ3) is 2.32. The topological polar surface area (TPSA) is 22.0 Å². The van der Waals surface area contributed by atoms with E-state index in [0.717, 1.165) is 24.2 Å². The monoisotopic (exact) mass is 303 g/mol. The normalized spacial score (nSPS) is 14.5. The Kier molecular flexibility index (Phi) is 3.68. The lowest BCUT2D eigenvalue weighted by atomic mass is 10.1. The molecular weight excluding hydrogens is 289 g/mol. The van der Waals surface area contributed by atoms with E-state index in [1.807, 2.05) is 25.2 Å². The van der Waals surface area contributed by atoms with Crippen molar-refractivity contribution >= 4 is 28.1 Å². The molecule has 0 saturated carbocycles. The molecule has 1 aliphatic rings. The van der Waals surface area contributed by atoms with Crippen LogP contribution in [0.5, 0.6) is 0 Å². The zero-order valence-corrected chi connectivity index (χ0v) is 12.5. The molecule has 108 valence electrons. The Morgan fingerprint density at radius 2 is 2.14 bits per heavy atom. The average molecular weight is 304 g/mol. The van der Waals surface area contributed by atoms with Crippen LogP contribution in [0.15, 0.2) is 41.2 Å². The molecule has 0 bridgehead atoms. The second kappa shape index (κ2) is 5.49. The number of fused-ring (bicyclic) bond motifs is 1. The largest absolute Gasteiger partial charge is 0.281 e. The van der Waals surface area contributed by atoms with Gasteiger partial charge < -0.3 is 0 Å². The van der Waals surface area contributed by atoms with Gasteiger partial charge in [0.25, 0.3) is 5.56 Å². The molecule has 0 N–H and O–H groups in total. The van der Waals surface area contributed by atoms with Gasteiger partial charge in [-0.05, 0) is 43.5 Å². The Bertz CT molecular complexity index is 833. The van der Waals surface area contributed by atoms with Crippen LogP contribution in [0.1, 0.15) is 25.5 Å². The predicted molar refractivity (Wildman–Crippen MR) is 85.2 cm³/mol. The van der Waals surface area contributed by atoms with E-state index in [1.165, 1.54) is 12.1 Å². The minimum atomic E-state index is -0.415. The van der Waals surface area contributed by atoms with Gasteiger partial charge in [0, 0.05) is 16.8 Å². The molecule has 0 unspecified atom stereocenters. The van der Waals surface area contributed by atoms with Gasteiger partial charge in [-0.15, -0.1) is 0 Å². The highest BCUT2D eigenvalue weighted by atomic mass is 35.5. The van der Waals surface area contributed by atoms with Crippen molar-refractivity contribution < 1.29 is 4.39 Å². The standard InChI is InChI=1S/C17H15ClFNO/c1-2-11-10-13-15(19)9-8-14(18)16(13)17(21)20(11)12-6-4-3-5-7-12/h4,6-10H,2-3,5H2,1H3. The van der Waals surface area contributed by atoms with Crippen LogP contribution in [0.3, 0.4) is 0 Å². The average Bonchev–Trinajstić information content (AvgIpc) is 2.51. The highest BCUT2D eigenvalue weighted by Crippen LogP contribution is 2.26. The van der Waals surface area contributed by atoms with Gasteiger partial charge in [0.2, 0.25) is 0 Å². The molecule has 1 aromatic heterocycles. The van der Waals surface area contributed by atoms with Crippen molar-refractivity contribution in [2.75, 3.05) is 0 Å². The summed E-state index contributed by atoms with van der Waals surface area (Å²) in [6, 6.07) is 4.45. The number of benzene rings is 1. The SMILES string of the molecule is CCc1cc2c(F)ccc(Cl)c2c(=O)n1C1=CCCC=C1. The molecule has 1 aliphatic carbocycles. The minimum Gasteiger partial charge on any atom is -0.281 e. The Balaban J connectivity index is 2.42. The summed E-state index contributed by atoms with van der Waals surface area (Å²) < 4.78 is 15.6. The van der Waals surface area contributed by atoms with E-state index in [2.05, 4.69) is 0 Å². The fourth-order valence-corrected chi connectivity index (χ4v) is 2.95. The van der Waals surface area contributed by atoms with Gasteiger partial charge in [-0.3, -0.25) is 9.36 Å². The summed E-state index contributed by atoms with van der Waals surface area (Å²) in [5, 5.41) is 0.822. The Morgan fingerprint density at radius 1 is 1.33 bits per heavy atom. The van der Waals surface area contributed by atoms with E-state index in [4.69, 9.17) is 11.6 Å². The number of hydrogen-bond donors (Lipinski definition) is 0. The first-order valence-electron chi connectivity index (χ1n) is 7.03. The second-order valence-corrected chi connectivity index (χ2v) is 5.46. The molecule has 0 atom stereocenters. The van der Waals surface area contributed by atoms with Gasteiger partial charge in [0.15, 0.2) is 0 Å². The number of allylic oxidation sites excluding steroid dienone is 4. The first kappa shape index (κ1) is 14.1. The highest BCUT2D eigenvalue weighted by molar-refractivity contribution is 6.35. The molecule has 0 fully saturated rings. The number of halogens is 2. The lowest BCUT2D eigenvalue weighted by Gasteiger charge is -2.17. The Morgan fingerprint density at radius 3 is 2.81 bits per heavy atom. The molecule has 21 heavy (non-hydrogen) atoms. The van der Waals surface area contributed by atoms with Gasteiger partial charge in [0.1, 0.15) is 5.82 Å². The van der Waals surface area contributed by atoms with Crippen LogP contribution in [0.4, 0.5) is 4.39 Å². The number of hydrogen-bond acceptors (Lipinski definition) is 1. The summed E-state index contributed by atoms with van der Waals surface area (Å²) in [4.78, 5) is 12.8. The van der Waals surface area contributed by atoms with Crippen LogP contribution >= 0.6 is 11.6 Å². The number of pyridine rings is 1. The van der Waals surface area contributed by atoms with Crippen molar-refractivity contribution in [2.24, 2.45) is 0 Å². The van der Waals surface area contributed by atoms with E-state index in [-0.39, 0.29) is 16.0 Å². The molecule has 0 radical (unpaired) electrons. The molecule has 2 aromatic rings. The molecule has 4 heteroatoms. The number of nitrogens with zero attached hydrogens (tertiary/aromatic N) is 1. The van der Waals surface area contributed by atoms with Crippen LogP contribution in [-0.4, -0.2) is 4.57 Å². The van der Waals surface area contributed by atoms with Crippen LogP contribution in [-0.2, 0) is 6.42 Å². The van der Waals surface area contributed by atoms with E-state index in [0.29, 0.717) is 11.8 Å². The first-order chi connectivity index (χ1) is 10.1. The van der Waals surface area contributed by atoms with Crippen molar-refractivity contribution in [3.63, 3.8) is 0 Å². The van der Waals surface area contributed by atoms with E-state index >= 15 is 0 Å². The van der Waals surface area contributed by atoms with Crippen molar-refractivity contribution in [3.05, 3.63) is 63.3 Å². The smallest absolute Gasteiger partial charge is 0.264 e. The quantitative estimate of drug-likeness (QED) is 0.798. The molecule has 0 spiro atoms. The summed E-state index contributed by atoms with van der Waals surface area (Å²) in [7, 11) is 0. The lowest BCUT2D eigenvalue weighted by molar-refractivity contribution is 0.639. The maximum atomic E-state index is 14.0. The minimum absolute atomic E-state index is 0.244. The van der Waals surface area contributed by atoms with Gasteiger partial charge in [-0.2, -0.15) is 0 Å². The van der Waals surface area contributed by atoms with E-state index < -0.39 is 5.82 Å². The van der Waals surface area contributed by atoms with Crippen LogP contribution in [0.25, 0.3) is 16.5 Å². The molecule has 2 nitrogen and oxygen atoms in total. The number of rotatable bonds is 2.